The number of nitrogens with zero attached hydrogens (tertiary/aromatic N) is 3. The first-order valence-corrected chi connectivity index (χ1v) is 10.3. The van der Waals surface area contributed by atoms with E-state index in [0.29, 0.717) is 0 Å². The van der Waals surface area contributed by atoms with Gasteiger partial charge in [0.2, 0.25) is 5.03 Å². The highest BCUT2D eigenvalue weighted by molar-refractivity contribution is 7.89. The van der Waals surface area contributed by atoms with Crippen molar-refractivity contribution in [3.05, 3.63) is 41.3 Å². The third-order valence-electron chi connectivity index (χ3n) is 4.64. The average Bonchev–Trinajstić information content (AvgIpc) is 3.27. The van der Waals surface area contributed by atoms with Gasteiger partial charge in [0.15, 0.2) is 0 Å². The number of hydrogen-bond donors (Lipinski definition) is 1. The Morgan fingerprint density at radius 1 is 1.27 bits per heavy atom. The maximum Gasteiger partial charge on any atom is 0.261 e. The molecule has 3 rings (SSSR count). The third-order valence-corrected chi connectivity index (χ3v) is 6.55. The highest BCUT2D eigenvalue weighted by Crippen LogP contribution is 2.27. The Morgan fingerprint density at radius 2 is 1.92 bits per heavy atom. The van der Waals surface area contributed by atoms with Gasteiger partial charge in [0.25, 0.3) is 10.0 Å². The fourth-order valence-electron chi connectivity index (χ4n) is 3.17. The van der Waals surface area contributed by atoms with Gasteiger partial charge < -0.3 is 9.30 Å². The molecule has 1 fully saturated rings. The van der Waals surface area contributed by atoms with Crippen LogP contribution in [0.25, 0.3) is 0 Å². The van der Waals surface area contributed by atoms with Crippen LogP contribution < -0.4 is 9.46 Å². The quantitative estimate of drug-likeness (QED) is 0.773. The van der Waals surface area contributed by atoms with Gasteiger partial charge in [0.1, 0.15) is 10.9 Å². The van der Waals surface area contributed by atoms with Gasteiger partial charge in [0, 0.05) is 19.6 Å². The Kier molecular flexibility index (Phi) is 5.86. The minimum absolute atomic E-state index is 0.0549. The molecule has 26 heavy (non-hydrogen) atoms. The summed E-state index contributed by atoms with van der Waals surface area (Å²) in [5.41, 5.74) is 1.04. The van der Waals surface area contributed by atoms with E-state index in [-0.39, 0.29) is 22.8 Å². The van der Waals surface area contributed by atoms with E-state index in [9.17, 15) is 8.42 Å². The summed E-state index contributed by atoms with van der Waals surface area (Å²) in [6, 6.07) is 7.68. The lowest BCUT2D eigenvalue weighted by atomic mass is 10.1. The Hall–Kier alpha value is -1.61. The molecule has 2 aromatic rings. The van der Waals surface area contributed by atoms with E-state index in [1.807, 2.05) is 24.3 Å². The molecule has 0 radical (unpaired) electrons. The summed E-state index contributed by atoms with van der Waals surface area (Å²) in [5.74, 6) is 0.773. The van der Waals surface area contributed by atoms with Gasteiger partial charge >= 0.3 is 0 Å². The Balaban J connectivity index is 1.80. The molecular formula is C17H23ClN4O3S. The zero-order valence-electron chi connectivity index (χ0n) is 14.9. The zero-order valence-corrected chi connectivity index (χ0v) is 16.4. The van der Waals surface area contributed by atoms with Crippen molar-refractivity contribution in [2.45, 2.75) is 23.9 Å². The van der Waals surface area contributed by atoms with Crippen LogP contribution in [0.4, 0.5) is 0 Å². The fourth-order valence-corrected chi connectivity index (χ4v) is 4.63. The molecule has 1 saturated heterocycles. The molecule has 1 aliphatic heterocycles. The summed E-state index contributed by atoms with van der Waals surface area (Å²) in [5, 5.41) is -0.0451. The summed E-state index contributed by atoms with van der Waals surface area (Å²) >= 11 is 6.04. The van der Waals surface area contributed by atoms with E-state index < -0.39 is 10.0 Å². The summed E-state index contributed by atoms with van der Waals surface area (Å²) in [6.07, 6.45) is 3.62. The van der Waals surface area contributed by atoms with Gasteiger partial charge in [-0.1, -0.05) is 23.7 Å². The standard InChI is InChI=1S/C17H23ClN4O3S/c1-21-12-19-17(16(21)18)26(23,24)20-11-15(22-9-3-4-10-22)13-5-7-14(25-2)8-6-13/h5-8,12,15,20H,3-4,9-11H2,1-2H3/t15-/m1/s1. The number of likely N-dealkylation sites (tertiary alicyclic amines) is 1. The number of imidazole rings is 1. The molecule has 0 saturated carbocycles. The topological polar surface area (TPSA) is 76.5 Å². The first-order valence-electron chi connectivity index (χ1n) is 8.47. The number of hydrogen-bond acceptors (Lipinski definition) is 5. The van der Waals surface area contributed by atoms with Crippen molar-refractivity contribution in [2.24, 2.45) is 7.05 Å². The van der Waals surface area contributed by atoms with Crippen LogP contribution in [-0.2, 0) is 17.1 Å². The monoisotopic (exact) mass is 398 g/mol. The predicted molar refractivity (Wildman–Crippen MR) is 99.9 cm³/mol. The summed E-state index contributed by atoms with van der Waals surface area (Å²) in [6.45, 7) is 2.15. The summed E-state index contributed by atoms with van der Waals surface area (Å²) < 4.78 is 34.6. The van der Waals surface area contributed by atoms with Crippen LogP contribution in [0.15, 0.2) is 35.6 Å². The second-order valence-electron chi connectivity index (χ2n) is 6.34. The van der Waals surface area contributed by atoms with Gasteiger partial charge in [0.05, 0.1) is 13.4 Å². The molecule has 1 aromatic heterocycles. The van der Waals surface area contributed by atoms with E-state index >= 15 is 0 Å². The predicted octanol–water partition coefficient (Wildman–Crippen LogP) is 2.20. The fraction of sp³-hybridized carbons (Fsp3) is 0.471. The van der Waals surface area contributed by atoms with E-state index in [1.54, 1.807) is 14.2 Å². The number of nitrogens with one attached hydrogen (secondary N) is 1. The Bertz CT molecular complexity index is 845. The van der Waals surface area contributed by atoms with Gasteiger partial charge in [-0.3, -0.25) is 4.90 Å². The average molecular weight is 399 g/mol. The number of aromatic nitrogens is 2. The molecule has 2 heterocycles. The van der Waals surface area contributed by atoms with Gasteiger partial charge in [-0.2, -0.15) is 0 Å². The lowest BCUT2D eigenvalue weighted by Gasteiger charge is -2.28. The Morgan fingerprint density at radius 3 is 2.46 bits per heavy atom. The van der Waals surface area contributed by atoms with E-state index in [4.69, 9.17) is 16.3 Å². The molecule has 1 N–H and O–H groups in total. The normalized spacial score (nSPS) is 16.7. The Labute approximate surface area is 159 Å². The second-order valence-corrected chi connectivity index (χ2v) is 8.38. The molecule has 1 atom stereocenters. The number of benzene rings is 1. The summed E-state index contributed by atoms with van der Waals surface area (Å²) in [7, 11) is -0.507. The molecule has 7 nitrogen and oxygen atoms in total. The zero-order chi connectivity index (χ0) is 18.7. The van der Waals surface area contributed by atoms with Crippen molar-refractivity contribution >= 4 is 21.6 Å². The molecule has 1 aliphatic rings. The van der Waals surface area contributed by atoms with Crippen molar-refractivity contribution in [3.8, 4) is 5.75 Å². The minimum Gasteiger partial charge on any atom is -0.497 e. The highest BCUT2D eigenvalue weighted by atomic mass is 35.5. The largest absolute Gasteiger partial charge is 0.497 e. The third kappa shape index (κ3) is 4.03. The molecule has 0 bridgehead atoms. The second kappa shape index (κ2) is 7.96. The number of ether oxygens (including phenoxy) is 1. The van der Waals surface area contributed by atoms with Crippen LogP contribution in [0.2, 0.25) is 5.15 Å². The van der Waals surface area contributed by atoms with Crippen LogP contribution in [0.5, 0.6) is 5.75 Å². The highest BCUT2D eigenvalue weighted by Gasteiger charge is 2.28. The van der Waals surface area contributed by atoms with Crippen molar-refractivity contribution in [1.82, 2.24) is 19.2 Å². The maximum absolute atomic E-state index is 12.6. The van der Waals surface area contributed by atoms with Gasteiger partial charge in [-0.25, -0.2) is 18.1 Å². The number of halogens is 1. The number of aryl methyl sites for hydroxylation is 1. The first kappa shape index (κ1) is 19.2. The lowest BCUT2D eigenvalue weighted by Crippen LogP contribution is -2.37. The SMILES string of the molecule is COc1ccc([C@@H](CNS(=O)(=O)c2ncn(C)c2Cl)N2CCCC2)cc1. The number of rotatable bonds is 7. The molecule has 9 heteroatoms. The molecular weight excluding hydrogens is 376 g/mol. The van der Waals surface area contributed by atoms with E-state index in [1.165, 1.54) is 10.9 Å². The minimum atomic E-state index is -3.78. The van der Waals surface area contributed by atoms with Gasteiger partial charge in [-0.15, -0.1) is 0 Å². The molecule has 0 aliphatic carbocycles. The molecule has 1 aromatic carbocycles. The van der Waals surface area contributed by atoms with Crippen LogP contribution >= 0.6 is 11.6 Å². The van der Waals surface area contributed by atoms with Crippen LogP contribution in [0.3, 0.4) is 0 Å². The van der Waals surface area contributed by atoms with Crippen molar-refractivity contribution < 1.29 is 13.2 Å². The van der Waals surface area contributed by atoms with Gasteiger partial charge in [-0.05, 0) is 43.6 Å². The van der Waals surface area contributed by atoms with Crippen LogP contribution in [0, 0.1) is 0 Å². The molecule has 0 amide bonds. The first-order chi connectivity index (χ1) is 12.4. The molecule has 0 spiro atoms. The van der Waals surface area contributed by atoms with Crippen molar-refractivity contribution in [1.29, 1.82) is 0 Å². The number of sulfonamides is 1. The lowest BCUT2D eigenvalue weighted by molar-refractivity contribution is 0.246. The smallest absolute Gasteiger partial charge is 0.261 e. The maximum atomic E-state index is 12.6. The van der Waals surface area contributed by atoms with Crippen LogP contribution in [0.1, 0.15) is 24.4 Å². The number of methoxy groups -OCH3 is 1. The van der Waals surface area contributed by atoms with Crippen molar-refractivity contribution in [2.75, 3.05) is 26.7 Å². The van der Waals surface area contributed by atoms with E-state index in [2.05, 4.69) is 14.6 Å². The molecule has 0 unspecified atom stereocenters. The van der Waals surface area contributed by atoms with Crippen LogP contribution in [-0.4, -0.2) is 49.6 Å². The van der Waals surface area contributed by atoms with E-state index in [0.717, 1.165) is 37.2 Å². The molecule has 142 valence electrons. The summed E-state index contributed by atoms with van der Waals surface area (Å²) in [4.78, 5) is 6.20. The van der Waals surface area contributed by atoms with Crippen molar-refractivity contribution in [3.63, 3.8) is 0 Å².